The maximum Gasteiger partial charge on any atom is 0.243 e. The lowest BCUT2D eigenvalue weighted by Crippen LogP contribution is -2.51. The number of aromatic amines is 1. The third kappa shape index (κ3) is 2.40. The molecule has 1 aromatic carbocycles. The zero-order valence-electron chi connectivity index (χ0n) is 12.7. The molecule has 3 unspecified atom stereocenters. The lowest BCUT2D eigenvalue weighted by atomic mass is 9.80. The SMILES string of the molecule is CC1CC2Cc3[nH]ncc3C(C1)N2S(=O)(=O)c1ccc(Cl)cc1. The first-order chi connectivity index (χ1) is 11.0. The number of benzene rings is 1. The van der Waals surface area contributed by atoms with Crippen molar-refractivity contribution in [3.8, 4) is 0 Å². The van der Waals surface area contributed by atoms with Crippen LogP contribution in [0.25, 0.3) is 0 Å². The molecule has 0 saturated carbocycles. The third-order valence-corrected chi connectivity index (χ3v) is 7.13. The van der Waals surface area contributed by atoms with Crippen LogP contribution in [0.5, 0.6) is 0 Å². The number of rotatable bonds is 2. The molecule has 0 spiro atoms. The van der Waals surface area contributed by atoms with Crippen molar-refractivity contribution in [1.82, 2.24) is 14.5 Å². The fraction of sp³-hybridized carbons (Fsp3) is 0.438. The molecule has 3 atom stereocenters. The molecule has 1 N–H and O–H groups in total. The molecule has 3 heterocycles. The van der Waals surface area contributed by atoms with Crippen molar-refractivity contribution in [1.29, 1.82) is 0 Å². The van der Waals surface area contributed by atoms with E-state index >= 15 is 0 Å². The molecule has 0 aliphatic carbocycles. The van der Waals surface area contributed by atoms with Crippen molar-refractivity contribution < 1.29 is 8.42 Å². The Labute approximate surface area is 140 Å². The monoisotopic (exact) mass is 351 g/mol. The van der Waals surface area contributed by atoms with Gasteiger partial charge in [0.05, 0.1) is 17.1 Å². The molecular formula is C16H18ClN3O2S. The molecule has 4 rings (SSSR count). The Morgan fingerprint density at radius 2 is 2.00 bits per heavy atom. The Bertz CT molecular complexity index is 831. The lowest BCUT2D eigenvalue weighted by molar-refractivity contribution is 0.125. The second kappa shape index (κ2) is 5.33. The van der Waals surface area contributed by atoms with Gasteiger partial charge in [-0.2, -0.15) is 9.40 Å². The molecule has 1 saturated heterocycles. The normalized spacial score (nSPS) is 27.7. The Morgan fingerprint density at radius 3 is 2.74 bits per heavy atom. The van der Waals surface area contributed by atoms with Gasteiger partial charge in [0.2, 0.25) is 10.0 Å². The van der Waals surface area contributed by atoms with Gasteiger partial charge < -0.3 is 0 Å². The van der Waals surface area contributed by atoms with E-state index in [0.717, 1.165) is 24.1 Å². The highest BCUT2D eigenvalue weighted by Crippen LogP contribution is 2.46. The number of sulfonamides is 1. The quantitative estimate of drug-likeness (QED) is 0.903. The van der Waals surface area contributed by atoms with Crippen LogP contribution in [-0.2, 0) is 16.4 Å². The smallest absolute Gasteiger partial charge is 0.243 e. The van der Waals surface area contributed by atoms with Crippen molar-refractivity contribution in [2.45, 2.75) is 43.2 Å². The number of hydrogen-bond acceptors (Lipinski definition) is 3. The molecule has 2 bridgehead atoms. The maximum atomic E-state index is 13.2. The van der Waals surface area contributed by atoms with Crippen LogP contribution >= 0.6 is 11.6 Å². The number of aromatic nitrogens is 2. The van der Waals surface area contributed by atoms with E-state index in [1.165, 1.54) is 0 Å². The second-order valence-electron chi connectivity index (χ2n) is 6.54. The Hall–Kier alpha value is -1.37. The van der Waals surface area contributed by atoms with Crippen LogP contribution in [-0.4, -0.2) is 29.0 Å². The first-order valence-electron chi connectivity index (χ1n) is 7.78. The molecule has 23 heavy (non-hydrogen) atoms. The minimum atomic E-state index is -3.55. The molecule has 1 aromatic heterocycles. The lowest BCUT2D eigenvalue weighted by Gasteiger charge is -2.46. The summed E-state index contributed by atoms with van der Waals surface area (Å²) in [7, 11) is -3.55. The number of halogens is 1. The highest BCUT2D eigenvalue weighted by atomic mass is 35.5. The molecule has 2 aromatic rings. The van der Waals surface area contributed by atoms with E-state index in [4.69, 9.17) is 11.6 Å². The van der Waals surface area contributed by atoms with Gasteiger partial charge in [0.25, 0.3) is 0 Å². The van der Waals surface area contributed by atoms with Crippen molar-refractivity contribution in [3.63, 3.8) is 0 Å². The number of nitrogens with one attached hydrogen (secondary N) is 1. The van der Waals surface area contributed by atoms with Crippen LogP contribution in [0.2, 0.25) is 5.02 Å². The molecule has 5 nitrogen and oxygen atoms in total. The van der Waals surface area contributed by atoms with E-state index in [-0.39, 0.29) is 12.1 Å². The molecule has 2 aliphatic rings. The molecule has 7 heteroatoms. The Kier molecular flexibility index (Phi) is 3.51. The Balaban J connectivity index is 1.80. The molecule has 0 radical (unpaired) electrons. The van der Waals surface area contributed by atoms with Crippen LogP contribution in [0, 0.1) is 5.92 Å². The van der Waals surface area contributed by atoms with Gasteiger partial charge in [-0.05, 0) is 43.0 Å². The van der Waals surface area contributed by atoms with Crippen molar-refractivity contribution >= 4 is 21.6 Å². The molecule has 1 fully saturated rings. The summed E-state index contributed by atoms with van der Waals surface area (Å²) >= 11 is 5.89. The van der Waals surface area contributed by atoms with Crippen LogP contribution in [0.1, 0.15) is 37.1 Å². The topological polar surface area (TPSA) is 66.1 Å². The number of nitrogens with zero attached hydrogens (tertiary/aromatic N) is 2. The van der Waals surface area contributed by atoms with E-state index in [0.29, 0.717) is 22.3 Å². The van der Waals surface area contributed by atoms with Gasteiger partial charge in [-0.3, -0.25) is 5.10 Å². The summed E-state index contributed by atoms with van der Waals surface area (Å²) in [5.74, 6) is 0.504. The first-order valence-corrected chi connectivity index (χ1v) is 9.60. The minimum Gasteiger partial charge on any atom is -0.282 e. The van der Waals surface area contributed by atoms with E-state index in [2.05, 4.69) is 17.1 Å². The predicted molar refractivity (Wildman–Crippen MR) is 87.7 cm³/mol. The predicted octanol–water partition coefficient (Wildman–Crippen LogP) is 3.15. The van der Waals surface area contributed by atoms with E-state index in [1.807, 2.05) is 0 Å². The number of fused-ring (bicyclic) bond motifs is 4. The summed E-state index contributed by atoms with van der Waals surface area (Å²) in [6, 6.07) is 6.27. The summed E-state index contributed by atoms with van der Waals surface area (Å²) in [5.41, 5.74) is 2.10. The maximum absolute atomic E-state index is 13.2. The fourth-order valence-corrected chi connectivity index (χ4v) is 5.88. The van der Waals surface area contributed by atoms with Gasteiger partial charge in [-0.15, -0.1) is 0 Å². The van der Waals surface area contributed by atoms with Gasteiger partial charge >= 0.3 is 0 Å². The number of hydrogen-bond donors (Lipinski definition) is 1. The summed E-state index contributed by atoms with van der Waals surface area (Å²) in [6.07, 6.45) is 4.18. The average molecular weight is 352 g/mol. The zero-order chi connectivity index (χ0) is 16.2. The summed E-state index contributed by atoms with van der Waals surface area (Å²) in [5, 5.41) is 7.69. The largest absolute Gasteiger partial charge is 0.282 e. The highest BCUT2D eigenvalue weighted by Gasteiger charge is 2.46. The van der Waals surface area contributed by atoms with Crippen molar-refractivity contribution in [3.05, 3.63) is 46.7 Å². The van der Waals surface area contributed by atoms with Gasteiger partial charge in [-0.25, -0.2) is 8.42 Å². The third-order valence-electron chi connectivity index (χ3n) is 4.91. The molecule has 0 amide bonds. The molecule has 2 aliphatic heterocycles. The van der Waals surface area contributed by atoms with Gasteiger partial charge in [-0.1, -0.05) is 18.5 Å². The van der Waals surface area contributed by atoms with Crippen LogP contribution in [0.15, 0.2) is 35.4 Å². The fourth-order valence-electron chi connectivity index (χ4n) is 3.94. The van der Waals surface area contributed by atoms with E-state index < -0.39 is 10.0 Å². The van der Waals surface area contributed by atoms with Gasteiger partial charge in [0.15, 0.2) is 0 Å². The number of piperidine rings is 1. The van der Waals surface area contributed by atoms with Crippen LogP contribution < -0.4 is 0 Å². The van der Waals surface area contributed by atoms with Crippen LogP contribution in [0.4, 0.5) is 0 Å². The number of H-pyrrole nitrogens is 1. The highest BCUT2D eigenvalue weighted by molar-refractivity contribution is 7.89. The summed E-state index contributed by atoms with van der Waals surface area (Å²) in [4.78, 5) is 0.304. The summed E-state index contributed by atoms with van der Waals surface area (Å²) < 4.78 is 28.1. The second-order valence-corrected chi connectivity index (χ2v) is 8.82. The van der Waals surface area contributed by atoms with Crippen molar-refractivity contribution in [2.24, 2.45) is 5.92 Å². The first kappa shape index (κ1) is 15.2. The molecule has 122 valence electrons. The van der Waals surface area contributed by atoms with Crippen LogP contribution in [0.3, 0.4) is 0 Å². The average Bonchev–Trinajstić information content (AvgIpc) is 2.95. The zero-order valence-corrected chi connectivity index (χ0v) is 14.3. The van der Waals surface area contributed by atoms with Gasteiger partial charge in [0.1, 0.15) is 0 Å². The Morgan fingerprint density at radius 1 is 1.26 bits per heavy atom. The molecular weight excluding hydrogens is 334 g/mol. The van der Waals surface area contributed by atoms with E-state index in [1.54, 1.807) is 34.8 Å². The van der Waals surface area contributed by atoms with E-state index in [9.17, 15) is 8.42 Å². The van der Waals surface area contributed by atoms with Gasteiger partial charge in [0, 0.05) is 28.7 Å². The summed E-state index contributed by atoms with van der Waals surface area (Å²) in [6.45, 7) is 2.19. The van der Waals surface area contributed by atoms with Crippen molar-refractivity contribution in [2.75, 3.05) is 0 Å². The standard InChI is InChI=1S/C16H18ClN3O2S/c1-10-6-12-8-15-14(9-18-19-15)16(7-10)20(12)23(21,22)13-4-2-11(17)3-5-13/h2-5,9-10,12,16H,6-8H2,1H3,(H,18,19). The minimum absolute atomic E-state index is 0.0163.